The number of rotatable bonds is 3. The highest BCUT2D eigenvalue weighted by atomic mass is 16.5. The maximum Gasteiger partial charge on any atom is 0.335 e. The Hall–Kier alpha value is -3.02. The molecule has 0 spiro atoms. The molecule has 104 valence electrons. The van der Waals surface area contributed by atoms with E-state index in [1.165, 1.54) is 12.1 Å². The van der Waals surface area contributed by atoms with Gasteiger partial charge in [-0.2, -0.15) is 4.98 Å². The molecule has 0 unspecified atom stereocenters. The summed E-state index contributed by atoms with van der Waals surface area (Å²) in [6.45, 7) is 1.90. The molecule has 0 saturated carbocycles. The van der Waals surface area contributed by atoms with Crippen LogP contribution in [0.1, 0.15) is 15.9 Å². The van der Waals surface area contributed by atoms with Crippen molar-refractivity contribution in [2.45, 2.75) is 6.92 Å². The molecule has 0 fully saturated rings. The lowest BCUT2D eigenvalue weighted by atomic mass is 10.1. The number of carbonyl (C=O) groups is 1. The Morgan fingerprint density at radius 2 is 2.10 bits per heavy atom. The minimum Gasteiger partial charge on any atom is -0.478 e. The molecular weight excluding hydrogens is 270 g/mol. The van der Waals surface area contributed by atoms with Crippen molar-refractivity contribution >= 4 is 5.97 Å². The van der Waals surface area contributed by atoms with Crippen LogP contribution in [0.3, 0.4) is 0 Å². The van der Waals surface area contributed by atoms with Crippen LogP contribution in [0, 0.1) is 6.92 Å². The number of nitrogens with zero attached hydrogens (tertiary/aromatic N) is 3. The zero-order chi connectivity index (χ0) is 14.8. The fraction of sp³-hybridized carbons (Fsp3) is 0.0667. The molecular formula is C15H11N3O3. The van der Waals surface area contributed by atoms with E-state index in [1.54, 1.807) is 18.3 Å². The lowest BCUT2D eigenvalue weighted by Gasteiger charge is -1.97. The number of aryl methyl sites for hydroxylation is 1. The summed E-state index contributed by atoms with van der Waals surface area (Å²) in [6, 6.07) is 10.1. The summed E-state index contributed by atoms with van der Waals surface area (Å²) >= 11 is 0. The van der Waals surface area contributed by atoms with Gasteiger partial charge in [-0.05, 0) is 30.7 Å². The number of carboxylic acid groups (broad SMARTS) is 1. The topological polar surface area (TPSA) is 89.1 Å². The molecule has 2 heterocycles. The van der Waals surface area contributed by atoms with Crippen LogP contribution in [0.15, 0.2) is 47.1 Å². The van der Waals surface area contributed by atoms with Crippen molar-refractivity contribution in [2.75, 3.05) is 0 Å². The first kappa shape index (κ1) is 13.0. The van der Waals surface area contributed by atoms with Crippen LogP contribution in [-0.2, 0) is 0 Å². The van der Waals surface area contributed by atoms with E-state index in [0.29, 0.717) is 23.0 Å². The minimum absolute atomic E-state index is 0.174. The average molecular weight is 281 g/mol. The maximum atomic E-state index is 11.0. The number of hydrogen-bond donors (Lipinski definition) is 1. The molecule has 3 aromatic rings. The second-order valence-electron chi connectivity index (χ2n) is 4.48. The molecule has 3 rings (SSSR count). The van der Waals surface area contributed by atoms with Crippen molar-refractivity contribution in [3.05, 3.63) is 53.7 Å². The van der Waals surface area contributed by atoms with Gasteiger partial charge in [0, 0.05) is 11.8 Å². The highest BCUT2D eigenvalue weighted by Crippen LogP contribution is 2.23. The van der Waals surface area contributed by atoms with E-state index in [-0.39, 0.29) is 5.56 Å². The molecule has 0 radical (unpaired) electrons. The van der Waals surface area contributed by atoms with E-state index in [4.69, 9.17) is 9.63 Å². The Morgan fingerprint density at radius 1 is 1.24 bits per heavy atom. The zero-order valence-electron chi connectivity index (χ0n) is 11.1. The lowest BCUT2D eigenvalue weighted by molar-refractivity contribution is 0.0697. The molecule has 0 bridgehead atoms. The van der Waals surface area contributed by atoms with Crippen LogP contribution >= 0.6 is 0 Å². The highest BCUT2D eigenvalue weighted by Gasteiger charge is 2.14. The normalized spacial score (nSPS) is 10.5. The van der Waals surface area contributed by atoms with Gasteiger partial charge in [0.1, 0.15) is 5.69 Å². The number of carboxylic acids is 1. The Labute approximate surface area is 120 Å². The molecule has 2 aromatic heterocycles. The number of benzene rings is 1. The quantitative estimate of drug-likeness (QED) is 0.794. The molecule has 21 heavy (non-hydrogen) atoms. The summed E-state index contributed by atoms with van der Waals surface area (Å²) in [7, 11) is 0. The third-order valence-electron chi connectivity index (χ3n) is 3.01. The summed E-state index contributed by atoms with van der Waals surface area (Å²) in [5, 5.41) is 12.9. The summed E-state index contributed by atoms with van der Waals surface area (Å²) in [4.78, 5) is 19.5. The Kier molecular flexibility index (Phi) is 3.19. The molecule has 0 aliphatic carbocycles. The molecule has 0 saturated heterocycles. The van der Waals surface area contributed by atoms with Crippen molar-refractivity contribution < 1.29 is 14.4 Å². The van der Waals surface area contributed by atoms with Crippen molar-refractivity contribution in [1.29, 1.82) is 0 Å². The van der Waals surface area contributed by atoms with E-state index in [1.807, 2.05) is 19.1 Å². The van der Waals surface area contributed by atoms with Gasteiger partial charge in [-0.3, -0.25) is 4.98 Å². The smallest absolute Gasteiger partial charge is 0.335 e. The number of aromatic nitrogens is 3. The molecule has 0 amide bonds. The predicted molar refractivity (Wildman–Crippen MR) is 74.7 cm³/mol. The zero-order valence-corrected chi connectivity index (χ0v) is 11.1. The Balaban J connectivity index is 2.01. The Morgan fingerprint density at radius 3 is 2.86 bits per heavy atom. The second-order valence-corrected chi connectivity index (χ2v) is 4.48. The van der Waals surface area contributed by atoms with Crippen LogP contribution in [-0.4, -0.2) is 26.2 Å². The van der Waals surface area contributed by atoms with E-state index < -0.39 is 5.97 Å². The summed E-state index contributed by atoms with van der Waals surface area (Å²) in [5.41, 5.74) is 2.30. The number of hydrogen-bond acceptors (Lipinski definition) is 5. The summed E-state index contributed by atoms with van der Waals surface area (Å²) in [6.07, 6.45) is 1.65. The molecule has 0 atom stereocenters. The first-order chi connectivity index (χ1) is 10.1. The van der Waals surface area contributed by atoms with Gasteiger partial charge in [0.2, 0.25) is 5.82 Å². The van der Waals surface area contributed by atoms with E-state index in [9.17, 15) is 4.79 Å². The fourth-order valence-corrected chi connectivity index (χ4v) is 1.94. The van der Waals surface area contributed by atoms with Crippen LogP contribution < -0.4 is 0 Å². The molecule has 6 nitrogen and oxygen atoms in total. The van der Waals surface area contributed by atoms with Gasteiger partial charge in [-0.1, -0.05) is 23.4 Å². The fourth-order valence-electron chi connectivity index (χ4n) is 1.94. The maximum absolute atomic E-state index is 11.0. The highest BCUT2D eigenvalue weighted by molar-refractivity contribution is 5.89. The largest absolute Gasteiger partial charge is 0.478 e. The SMILES string of the molecule is Cc1cccnc1-c1nc(-c2cccc(C(=O)O)c2)no1. The first-order valence-electron chi connectivity index (χ1n) is 6.24. The van der Waals surface area contributed by atoms with E-state index in [0.717, 1.165) is 5.56 Å². The number of pyridine rings is 1. The van der Waals surface area contributed by atoms with Gasteiger partial charge in [-0.25, -0.2) is 4.79 Å². The molecule has 0 aliphatic heterocycles. The molecule has 1 aromatic carbocycles. The monoisotopic (exact) mass is 281 g/mol. The van der Waals surface area contributed by atoms with Crippen LogP contribution in [0.25, 0.3) is 23.0 Å². The number of aromatic carboxylic acids is 1. The van der Waals surface area contributed by atoms with Gasteiger partial charge in [0.15, 0.2) is 0 Å². The molecule has 6 heteroatoms. The third kappa shape index (κ3) is 2.51. The van der Waals surface area contributed by atoms with Crippen molar-refractivity contribution in [3.63, 3.8) is 0 Å². The molecule has 1 N–H and O–H groups in total. The van der Waals surface area contributed by atoms with Crippen molar-refractivity contribution in [1.82, 2.24) is 15.1 Å². The molecule has 0 aliphatic rings. The van der Waals surface area contributed by atoms with Gasteiger partial charge in [0.05, 0.1) is 5.56 Å². The standard InChI is InChI=1S/C15H11N3O3/c1-9-4-3-7-16-12(9)14-17-13(18-21-14)10-5-2-6-11(8-10)15(19)20/h2-8H,1H3,(H,19,20). The average Bonchev–Trinajstić information content (AvgIpc) is 2.97. The predicted octanol–water partition coefficient (Wildman–Crippen LogP) is 2.81. The van der Waals surface area contributed by atoms with Gasteiger partial charge in [-0.15, -0.1) is 0 Å². The van der Waals surface area contributed by atoms with Gasteiger partial charge >= 0.3 is 5.97 Å². The van der Waals surface area contributed by atoms with Crippen molar-refractivity contribution in [2.24, 2.45) is 0 Å². The van der Waals surface area contributed by atoms with Crippen LogP contribution in [0.5, 0.6) is 0 Å². The minimum atomic E-state index is -0.999. The van der Waals surface area contributed by atoms with Crippen LogP contribution in [0.4, 0.5) is 0 Å². The van der Waals surface area contributed by atoms with Crippen LogP contribution in [0.2, 0.25) is 0 Å². The lowest BCUT2D eigenvalue weighted by Crippen LogP contribution is -1.96. The Bertz CT molecular complexity index is 811. The van der Waals surface area contributed by atoms with E-state index >= 15 is 0 Å². The van der Waals surface area contributed by atoms with Crippen molar-refractivity contribution in [3.8, 4) is 23.0 Å². The third-order valence-corrected chi connectivity index (χ3v) is 3.01. The van der Waals surface area contributed by atoms with Gasteiger partial charge < -0.3 is 9.63 Å². The second kappa shape index (κ2) is 5.16. The summed E-state index contributed by atoms with van der Waals surface area (Å²) < 4.78 is 5.22. The van der Waals surface area contributed by atoms with E-state index in [2.05, 4.69) is 15.1 Å². The van der Waals surface area contributed by atoms with Gasteiger partial charge in [0.25, 0.3) is 5.89 Å². The summed E-state index contributed by atoms with van der Waals surface area (Å²) in [5.74, 6) is -0.358. The first-order valence-corrected chi connectivity index (χ1v) is 6.24.